The van der Waals surface area contributed by atoms with Crippen LogP contribution in [0.15, 0.2) is 6.20 Å². The van der Waals surface area contributed by atoms with Crippen LogP contribution in [-0.2, 0) is 0 Å². The molecule has 0 spiro atoms. The van der Waals surface area contributed by atoms with Gasteiger partial charge in [-0.3, -0.25) is 0 Å². The van der Waals surface area contributed by atoms with Crippen molar-refractivity contribution in [2.24, 2.45) is 0 Å². The molecule has 82 valence electrons. The molecule has 2 heterocycles. The Morgan fingerprint density at radius 2 is 2.20 bits per heavy atom. The molecule has 0 saturated carbocycles. The second kappa shape index (κ2) is 4.66. The summed E-state index contributed by atoms with van der Waals surface area (Å²) in [5.74, 6) is 1.52. The van der Waals surface area contributed by atoms with E-state index in [9.17, 15) is 0 Å². The number of anilines is 2. The Kier molecular flexibility index (Phi) is 3.26. The number of rotatable bonds is 3. The largest absolute Gasteiger partial charge is 0.355 e. The molecular formula is C10H15ClN4. The molecule has 1 aromatic rings. The maximum absolute atomic E-state index is 6.08. The summed E-state index contributed by atoms with van der Waals surface area (Å²) in [4.78, 5) is 10.7. The second-order valence-electron chi connectivity index (χ2n) is 3.59. The molecule has 1 aromatic heterocycles. The van der Waals surface area contributed by atoms with Gasteiger partial charge in [0.1, 0.15) is 5.02 Å². The summed E-state index contributed by atoms with van der Waals surface area (Å²) >= 11 is 6.08. The van der Waals surface area contributed by atoms with Crippen LogP contribution >= 0.6 is 11.6 Å². The molecule has 0 aliphatic carbocycles. The number of aromatic nitrogens is 2. The summed E-state index contributed by atoms with van der Waals surface area (Å²) in [5, 5.41) is 3.73. The molecule has 15 heavy (non-hydrogen) atoms. The van der Waals surface area contributed by atoms with Crippen molar-refractivity contribution in [1.29, 1.82) is 0 Å². The normalized spacial score (nSPS) is 15.7. The van der Waals surface area contributed by atoms with Crippen molar-refractivity contribution in [2.45, 2.75) is 19.8 Å². The molecule has 0 unspecified atom stereocenters. The molecule has 5 heteroatoms. The quantitative estimate of drug-likeness (QED) is 0.858. The lowest BCUT2D eigenvalue weighted by atomic mass is 10.4. The molecule has 0 bridgehead atoms. The fourth-order valence-corrected chi connectivity index (χ4v) is 1.96. The van der Waals surface area contributed by atoms with Crippen molar-refractivity contribution in [1.82, 2.24) is 9.97 Å². The van der Waals surface area contributed by atoms with Crippen molar-refractivity contribution >= 4 is 23.4 Å². The third kappa shape index (κ3) is 2.31. The Balaban J connectivity index is 2.23. The van der Waals surface area contributed by atoms with Crippen LogP contribution in [0.3, 0.4) is 0 Å². The summed E-state index contributed by atoms with van der Waals surface area (Å²) in [6, 6.07) is 0. The Labute approximate surface area is 94.7 Å². The van der Waals surface area contributed by atoms with Gasteiger partial charge in [0.05, 0.1) is 6.20 Å². The summed E-state index contributed by atoms with van der Waals surface area (Å²) in [5.41, 5.74) is 0. The third-order valence-electron chi connectivity index (χ3n) is 2.47. The van der Waals surface area contributed by atoms with E-state index < -0.39 is 0 Å². The van der Waals surface area contributed by atoms with Gasteiger partial charge in [0, 0.05) is 19.6 Å². The van der Waals surface area contributed by atoms with Crippen molar-refractivity contribution < 1.29 is 0 Å². The first kappa shape index (κ1) is 10.5. The first-order chi connectivity index (χ1) is 7.31. The Bertz CT molecular complexity index is 336. The molecule has 0 radical (unpaired) electrons. The van der Waals surface area contributed by atoms with E-state index in [2.05, 4.69) is 20.2 Å². The maximum Gasteiger partial charge on any atom is 0.224 e. The van der Waals surface area contributed by atoms with E-state index in [-0.39, 0.29) is 0 Å². The molecule has 1 aliphatic rings. The van der Waals surface area contributed by atoms with Gasteiger partial charge in [0.2, 0.25) is 5.95 Å². The van der Waals surface area contributed by atoms with Gasteiger partial charge in [0.25, 0.3) is 0 Å². The molecule has 1 aliphatic heterocycles. The van der Waals surface area contributed by atoms with Crippen molar-refractivity contribution in [3.63, 3.8) is 0 Å². The Morgan fingerprint density at radius 3 is 2.87 bits per heavy atom. The van der Waals surface area contributed by atoms with Crippen molar-refractivity contribution in [3.05, 3.63) is 11.2 Å². The first-order valence-corrected chi connectivity index (χ1v) is 5.70. The Morgan fingerprint density at radius 1 is 1.47 bits per heavy atom. The van der Waals surface area contributed by atoms with Crippen molar-refractivity contribution in [2.75, 3.05) is 29.9 Å². The zero-order valence-corrected chi connectivity index (χ0v) is 9.59. The summed E-state index contributed by atoms with van der Waals surface area (Å²) in [7, 11) is 0. The highest BCUT2D eigenvalue weighted by atomic mass is 35.5. The average Bonchev–Trinajstić information content (AvgIpc) is 2.74. The highest BCUT2D eigenvalue weighted by molar-refractivity contribution is 6.32. The lowest BCUT2D eigenvalue weighted by Gasteiger charge is -2.18. The van der Waals surface area contributed by atoms with E-state index in [0.29, 0.717) is 11.0 Å². The van der Waals surface area contributed by atoms with Crippen LogP contribution in [-0.4, -0.2) is 29.6 Å². The van der Waals surface area contributed by atoms with Crippen LogP contribution in [0.25, 0.3) is 0 Å². The van der Waals surface area contributed by atoms with Crippen molar-refractivity contribution in [3.8, 4) is 0 Å². The van der Waals surface area contributed by atoms with Crippen LogP contribution in [0.5, 0.6) is 0 Å². The topological polar surface area (TPSA) is 41.1 Å². The molecule has 0 amide bonds. The van der Waals surface area contributed by atoms with Gasteiger partial charge in [-0.2, -0.15) is 4.98 Å². The van der Waals surface area contributed by atoms with E-state index in [1.165, 1.54) is 12.8 Å². The monoisotopic (exact) mass is 226 g/mol. The maximum atomic E-state index is 6.08. The molecule has 1 fully saturated rings. The molecular weight excluding hydrogens is 212 g/mol. The fraction of sp³-hybridized carbons (Fsp3) is 0.600. The van der Waals surface area contributed by atoms with E-state index in [1.54, 1.807) is 6.20 Å². The Hall–Kier alpha value is -1.03. The summed E-state index contributed by atoms with van der Waals surface area (Å²) in [6.45, 7) is 4.93. The predicted molar refractivity (Wildman–Crippen MR) is 62.7 cm³/mol. The van der Waals surface area contributed by atoms with E-state index in [4.69, 9.17) is 11.6 Å². The summed E-state index contributed by atoms with van der Waals surface area (Å²) < 4.78 is 0. The standard InChI is InChI=1S/C10H15ClN4/c1-2-12-10-13-7-8(11)9(14-10)15-5-3-4-6-15/h7H,2-6H2,1H3,(H,12,13,14). The minimum Gasteiger partial charge on any atom is -0.355 e. The highest BCUT2D eigenvalue weighted by Gasteiger charge is 2.17. The van der Waals surface area contributed by atoms with Gasteiger partial charge in [0.15, 0.2) is 5.82 Å². The van der Waals surface area contributed by atoms with Crippen LogP contribution in [0.1, 0.15) is 19.8 Å². The highest BCUT2D eigenvalue weighted by Crippen LogP contribution is 2.26. The molecule has 1 saturated heterocycles. The molecule has 1 N–H and O–H groups in total. The van der Waals surface area contributed by atoms with Gasteiger partial charge in [-0.25, -0.2) is 4.98 Å². The number of hydrogen-bond acceptors (Lipinski definition) is 4. The number of halogens is 1. The zero-order chi connectivity index (χ0) is 10.7. The van der Waals surface area contributed by atoms with Gasteiger partial charge < -0.3 is 10.2 Å². The van der Waals surface area contributed by atoms with Gasteiger partial charge >= 0.3 is 0 Å². The predicted octanol–water partition coefficient (Wildman–Crippen LogP) is 2.16. The van der Waals surface area contributed by atoms with Crippen LogP contribution in [0.2, 0.25) is 5.02 Å². The van der Waals surface area contributed by atoms with Crippen LogP contribution in [0.4, 0.5) is 11.8 Å². The zero-order valence-electron chi connectivity index (χ0n) is 8.83. The second-order valence-corrected chi connectivity index (χ2v) is 4.00. The van der Waals surface area contributed by atoms with Gasteiger partial charge in [-0.1, -0.05) is 11.6 Å². The van der Waals surface area contributed by atoms with Crippen LogP contribution in [0, 0.1) is 0 Å². The number of nitrogens with one attached hydrogen (secondary N) is 1. The van der Waals surface area contributed by atoms with Gasteiger partial charge in [-0.15, -0.1) is 0 Å². The lowest BCUT2D eigenvalue weighted by Crippen LogP contribution is -2.20. The third-order valence-corrected chi connectivity index (χ3v) is 2.73. The molecule has 2 rings (SSSR count). The number of nitrogens with zero attached hydrogens (tertiary/aromatic N) is 3. The average molecular weight is 227 g/mol. The minimum atomic E-state index is 0.638. The number of hydrogen-bond donors (Lipinski definition) is 1. The first-order valence-electron chi connectivity index (χ1n) is 5.32. The molecule has 0 atom stereocenters. The van der Waals surface area contributed by atoms with Crippen LogP contribution < -0.4 is 10.2 Å². The summed E-state index contributed by atoms with van der Waals surface area (Å²) in [6.07, 6.45) is 4.11. The SMILES string of the molecule is CCNc1ncc(Cl)c(N2CCCC2)n1. The minimum absolute atomic E-state index is 0.638. The van der Waals surface area contributed by atoms with E-state index >= 15 is 0 Å². The lowest BCUT2D eigenvalue weighted by molar-refractivity contribution is 0.925. The van der Waals surface area contributed by atoms with E-state index in [1.807, 2.05) is 6.92 Å². The molecule has 4 nitrogen and oxygen atoms in total. The fourth-order valence-electron chi connectivity index (χ4n) is 1.75. The molecule has 0 aromatic carbocycles. The van der Waals surface area contributed by atoms with E-state index in [0.717, 1.165) is 25.5 Å². The van der Waals surface area contributed by atoms with Gasteiger partial charge in [-0.05, 0) is 19.8 Å². The smallest absolute Gasteiger partial charge is 0.224 e.